The lowest BCUT2D eigenvalue weighted by Gasteiger charge is -2.16. The normalized spacial score (nSPS) is 12.1. The summed E-state index contributed by atoms with van der Waals surface area (Å²) in [5.41, 5.74) is -3.39. The van der Waals surface area contributed by atoms with Crippen molar-refractivity contribution in [3.8, 4) is 6.07 Å². The fourth-order valence-corrected chi connectivity index (χ4v) is 1.71. The van der Waals surface area contributed by atoms with Gasteiger partial charge < -0.3 is 5.11 Å². The van der Waals surface area contributed by atoms with Crippen molar-refractivity contribution in [2.45, 2.75) is 20.8 Å². The average Bonchev–Trinajstić information content (AvgIpc) is 2.45. The summed E-state index contributed by atoms with van der Waals surface area (Å²) in [6.07, 6.45) is 0. The van der Waals surface area contributed by atoms with Crippen molar-refractivity contribution >= 4 is 22.9 Å². The van der Waals surface area contributed by atoms with Crippen molar-refractivity contribution in [1.82, 2.24) is 0 Å². The lowest BCUT2D eigenvalue weighted by Crippen LogP contribution is -2.22. The Morgan fingerprint density at radius 1 is 1.22 bits per heavy atom. The first kappa shape index (κ1) is 17.8. The van der Waals surface area contributed by atoms with E-state index in [4.69, 9.17) is 5.26 Å². The minimum atomic E-state index is -0.991. The number of Topliss-reactive ketones (excluding diaryl/α,β-unsaturated/α-hetero) is 1. The summed E-state index contributed by atoms with van der Waals surface area (Å²) in [6.45, 7) is 4.55. The van der Waals surface area contributed by atoms with Gasteiger partial charge in [0, 0.05) is 11.5 Å². The minimum absolute atomic E-state index is 0.435. The molecule has 0 fully saturated rings. The molecule has 0 radical (unpaired) electrons. The van der Waals surface area contributed by atoms with Crippen LogP contribution in [0.4, 0.5) is 11.4 Å². The Balaban J connectivity index is 3.65. The van der Waals surface area contributed by atoms with Gasteiger partial charge in [0.15, 0.2) is 11.5 Å². The minimum Gasteiger partial charge on any atom is -0.506 e. The number of allylic oxidation sites excluding steroid dienone is 1. The smallest absolute Gasteiger partial charge is 0.287 e. The topological polar surface area (TPSA) is 147 Å². The highest BCUT2D eigenvalue weighted by atomic mass is 16.6. The number of nitro groups is 2. The maximum Gasteiger partial charge on any atom is 0.287 e. The number of nitro benzene ring substituents is 2. The summed E-state index contributed by atoms with van der Waals surface area (Å²) in [5.74, 6) is -1.58. The number of hydrogen-bond donors (Lipinski definition) is 1. The third-order valence-corrected chi connectivity index (χ3v) is 2.90. The molecule has 0 aliphatic rings. The Morgan fingerprint density at radius 2 is 1.78 bits per heavy atom. The van der Waals surface area contributed by atoms with E-state index in [0.29, 0.717) is 6.07 Å². The Labute approximate surface area is 130 Å². The lowest BCUT2D eigenvalue weighted by molar-refractivity contribution is -0.394. The van der Waals surface area contributed by atoms with Gasteiger partial charge in [-0.05, 0) is 6.07 Å². The number of non-ortho nitro benzene ring substituents is 1. The standard InChI is InChI=1S/C14H13N3O6/c1-14(2,3)13(19)10(7-15)12(18)9-5-4-8(16(20)21)6-11(9)17(22)23/h4-6,18H,1-3H3/b12-10-. The van der Waals surface area contributed by atoms with E-state index < -0.39 is 49.3 Å². The Bertz CT molecular complexity index is 768. The van der Waals surface area contributed by atoms with Gasteiger partial charge in [0.2, 0.25) is 0 Å². The van der Waals surface area contributed by atoms with Crippen molar-refractivity contribution in [1.29, 1.82) is 5.26 Å². The molecule has 0 saturated heterocycles. The maximum atomic E-state index is 12.1. The van der Waals surface area contributed by atoms with Gasteiger partial charge in [0.05, 0.1) is 21.5 Å². The summed E-state index contributed by atoms with van der Waals surface area (Å²) in [5, 5.41) is 41.0. The molecule has 1 aromatic rings. The van der Waals surface area contributed by atoms with Gasteiger partial charge in [-0.25, -0.2) is 0 Å². The van der Waals surface area contributed by atoms with Crippen molar-refractivity contribution < 1.29 is 19.7 Å². The average molecular weight is 319 g/mol. The summed E-state index contributed by atoms with van der Waals surface area (Å²) >= 11 is 0. The molecular weight excluding hydrogens is 306 g/mol. The highest BCUT2D eigenvalue weighted by molar-refractivity contribution is 6.08. The van der Waals surface area contributed by atoms with E-state index >= 15 is 0 Å². The molecule has 120 valence electrons. The number of carbonyl (C=O) groups excluding carboxylic acids is 1. The molecule has 0 aromatic heterocycles. The van der Waals surface area contributed by atoms with Gasteiger partial charge in [-0.1, -0.05) is 20.8 Å². The van der Waals surface area contributed by atoms with Crippen molar-refractivity contribution in [3.05, 3.63) is 49.6 Å². The van der Waals surface area contributed by atoms with E-state index in [0.717, 1.165) is 12.1 Å². The Kier molecular flexibility index (Phi) is 4.81. The fourth-order valence-electron chi connectivity index (χ4n) is 1.71. The van der Waals surface area contributed by atoms with E-state index in [1.165, 1.54) is 26.8 Å². The van der Waals surface area contributed by atoms with E-state index in [1.54, 1.807) is 0 Å². The third kappa shape index (κ3) is 3.68. The molecule has 0 heterocycles. The van der Waals surface area contributed by atoms with Crippen LogP contribution in [0.25, 0.3) is 5.76 Å². The second kappa shape index (κ2) is 6.23. The summed E-state index contributed by atoms with van der Waals surface area (Å²) in [4.78, 5) is 32.1. The molecule has 9 nitrogen and oxygen atoms in total. The van der Waals surface area contributed by atoms with Gasteiger partial charge in [0.25, 0.3) is 11.4 Å². The van der Waals surface area contributed by atoms with Crippen LogP contribution in [0.15, 0.2) is 23.8 Å². The molecule has 0 atom stereocenters. The number of aliphatic hydroxyl groups excluding tert-OH is 1. The first-order chi connectivity index (χ1) is 10.5. The van der Waals surface area contributed by atoms with E-state index in [-0.39, 0.29) is 0 Å². The maximum absolute atomic E-state index is 12.1. The van der Waals surface area contributed by atoms with Crippen molar-refractivity contribution in [3.63, 3.8) is 0 Å². The number of rotatable bonds is 4. The van der Waals surface area contributed by atoms with E-state index in [9.17, 15) is 30.1 Å². The number of benzene rings is 1. The highest BCUT2D eigenvalue weighted by Crippen LogP contribution is 2.32. The zero-order valence-corrected chi connectivity index (χ0v) is 12.6. The number of ketones is 1. The first-order valence-corrected chi connectivity index (χ1v) is 6.32. The van der Waals surface area contributed by atoms with Crippen LogP contribution in [-0.4, -0.2) is 20.7 Å². The van der Waals surface area contributed by atoms with Crippen LogP contribution in [-0.2, 0) is 4.79 Å². The van der Waals surface area contributed by atoms with Crippen LogP contribution in [0, 0.1) is 37.0 Å². The van der Waals surface area contributed by atoms with Gasteiger partial charge in [0.1, 0.15) is 11.6 Å². The second-order valence-electron chi connectivity index (χ2n) is 5.63. The molecule has 0 unspecified atom stereocenters. The number of carbonyl (C=O) groups is 1. The van der Waals surface area contributed by atoms with Gasteiger partial charge in [-0.15, -0.1) is 0 Å². The second-order valence-corrected chi connectivity index (χ2v) is 5.63. The SMILES string of the molecule is CC(C)(C)C(=O)/C(C#N)=C(\O)c1ccc([N+](=O)[O-])cc1[N+](=O)[O-]. The monoisotopic (exact) mass is 319 g/mol. The molecule has 1 rings (SSSR count). The van der Waals surface area contributed by atoms with E-state index in [2.05, 4.69) is 0 Å². The lowest BCUT2D eigenvalue weighted by atomic mass is 9.85. The predicted molar refractivity (Wildman–Crippen MR) is 79.4 cm³/mol. The van der Waals surface area contributed by atoms with Crippen LogP contribution in [0.3, 0.4) is 0 Å². The molecule has 0 spiro atoms. The van der Waals surface area contributed by atoms with Crippen LogP contribution in [0.5, 0.6) is 0 Å². The molecule has 0 saturated carbocycles. The Morgan fingerprint density at radius 3 is 2.17 bits per heavy atom. The molecule has 0 amide bonds. The van der Waals surface area contributed by atoms with Crippen molar-refractivity contribution in [2.75, 3.05) is 0 Å². The quantitative estimate of drug-likeness (QED) is 0.295. The summed E-state index contributed by atoms with van der Waals surface area (Å²) in [7, 11) is 0. The molecular formula is C14H13N3O6. The predicted octanol–water partition coefficient (Wildman–Crippen LogP) is 2.91. The molecule has 0 bridgehead atoms. The van der Waals surface area contributed by atoms with Crippen LogP contribution < -0.4 is 0 Å². The molecule has 23 heavy (non-hydrogen) atoms. The van der Waals surface area contributed by atoms with Crippen LogP contribution >= 0.6 is 0 Å². The fraction of sp³-hybridized carbons (Fsp3) is 0.286. The van der Waals surface area contributed by atoms with Crippen LogP contribution in [0.2, 0.25) is 0 Å². The molecule has 0 aliphatic carbocycles. The third-order valence-electron chi connectivity index (χ3n) is 2.90. The Hall–Kier alpha value is -3.28. The molecule has 1 N–H and O–H groups in total. The number of hydrogen-bond acceptors (Lipinski definition) is 7. The zero-order valence-electron chi connectivity index (χ0n) is 12.6. The molecule has 1 aromatic carbocycles. The molecule has 9 heteroatoms. The summed E-state index contributed by atoms with van der Waals surface area (Å²) in [6, 6.07) is 4.06. The zero-order chi connectivity index (χ0) is 17.9. The van der Waals surface area contributed by atoms with Gasteiger partial charge in [-0.3, -0.25) is 25.0 Å². The van der Waals surface area contributed by atoms with E-state index in [1.807, 2.05) is 0 Å². The summed E-state index contributed by atoms with van der Waals surface area (Å²) < 4.78 is 0. The van der Waals surface area contributed by atoms with Crippen LogP contribution in [0.1, 0.15) is 26.3 Å². The largest absolute Gasteiger partial charge is 0.506 e. The molecule has 0 aliphatic heterocycles. The number of nitrogens with zero attached hydrogens (tertiary/aromatic N) is 3. The van der Waals surface area contributed by atoms with Gasteiger partial charge in [-0.2, -0.15) is 5.26 Å². The van der Waals surface area contributed by atoms with Gasteiger partial charge >= 0.3 is 0 Å². The number of nitriles is 1. The first-order valence-electron chi connectivity index (χ1n) is 6.32. The highest BCUT2D eigenvalue weighted by Gasteiger charge is 2.31. The number of aliphatic hydroxyl groups is 1. The van der Waals surface area contributed by atoms with Crippen molar-refractivity contribution in [2.24, 2.45) is 5.41 Å².